The number of nitrogens with zero attached hydrogens (tertiary/aromatic N) is 1. The predicted molar refractivity (Wildman–Crippen MR) is 58.8 cm³/mol. The topological polar surface area (TPSA) is 53.5 Å². The highest BCUT2D eigenvalue weighted by Crippen LogP contribution is 2.09. The summed E-state index contributed by atoms with van der Waals surface area (Å²) in [4.78, 5) is 15.5. The van der Waals surface area contributed by atoms with Crippen molar-refractivity contribution in [3.8, 4) is 0 Å². The third kappa shape index (κ3) is 2.22. The number of rotatable bonds is 1. The summed E-state index contributed by atoms with van der Waals surface area (Å²) in [6.45, 7) is 1.79. The molecule has 1 heterocycles. The Morgan fingerprint density at radius 1 is 1.20 bits per heavy atom. The molecule has 1 aromatic rings. The van der Waals surface area contributed by atoms with Crippen LogP contribution in [0.25, 0.3) is 6.08 Å². The molecule has 0 bridgehead atoms. The van der Waals surface area contributed by atoms with E-state index in [2.05, 4.69) is 15.8 Å². The summed E-state index contributed by atoms with van der Waals surface area (Å²) in [7, 11) is 0. The van der Waals surface area contributed by atoms with Gasteiger partial charge < -0.3 is 0 Å². The van der Waals surface area contributed by atoms with E-state index in [1.54, 1.807) is 13.0 Å². The van der Waals surface area contributed by atoms with Gasteiger partial charge in [0.2, 0.25) is 0 Å². The van der Waals surface area contributed by atoms with Crippen molar-refractivity contribution in [1.82, 2.24) is 10.9 Å². The molecule has 0 fully saturated rings. The van der Waals surface area contributed by atoms with Gasteiger partial charge in [0, 0.05) is 0 Å². The van der Waals surface area contributed by atoms with Crippen LogP contribution in [0.3, 0.4) is 0 Å². The molecule has 76 valence electrons. The predicted octanol–water partition coefficient (Wildman–Crippen LogP) is 1.08. The van der Waals surface area contributed by atoms with Gasteiger partial charge in [0.1, 0.15) is 11.5 Å². The summed E-state index contributed by atoms with van der Waals surface area (Å²) in [5.74, 6) is 0.459. The fourth-order valence-electron chi connectivity index (χ4n) is 1.28. The van der Waals surface area contributed by atoms with Crippen molar-refractivity contribution in [1.29, 1.82) is 0 Å². The van der Waals surface area contributed by atoms with Crippen molar-refractivity contribution < 1.29 is 4.79 Å². The first-order chi connectivity index (χ1) is 7.25. The molecule has 0 saturated heterocycles. The van der Waals surface area contributed by atoms with Gasteiger partial charge in [-0.15, -0.1) is 0 Å². The van der Waals surface area contributed by atoms with Crippen LogP contribution in [0.1, 0.15) is 12.5 Å². The Morgan fingerprint density at radius 2 is 1.93 bits per heavy atom. The van der Waals surface area contributed by atoms with Gasteiger partial charge in [0.05, 0.1) is 0 Å². The van der Waals surface area contributed by atoms with Gasteiger partial charge in [-0.2, -0.15) is 0 Å². The second-order valence-corrected chi connectivity index (χ2v) is 3.22. The maximum absolute atomic E-state index is 11.4. The smallest absolute Gasteiger partial charge is 0.285 e. The number of amides is 1. The molecule has 0 radical (unpaired) electrons. The summed E-state index contributed by atoms with van der Waals surface area (Å²) in [6, 6.07) is 9.61. The lowest BCUT2D eigenvalue weighted by molar-refractivity contribution is -0.118. The minimum Gasteiger partial charge on any atom is -0.285 e. The summed E-state index contributed by atoms with van der Waals surface area (Å²) in [5.41, 5.74) is 6.54. The molecule has 0 spiro atoms. The van der Waals surface area contributed by atoms with Crippen LogP contribution in [-0.2, 0) is 4.79 Å². The van der Waals surface area contributed by atoms with E-state index in [1.807, 2.05) is 30.3 Å². The first-order valence-electron chi connectivity index (χ1n) is 4.64. The van der Waals surface area contributed by atoms with E-state index in [-0.39, 0.29) is 5.91 Å². The summed E-state index contributed by atoms with van der Waals surface area (Å²) < 4.78 is 0. The number of aliphatic imine (C=N–C) groups is 1. The van der Waals surface area contributed by atoms with E-state index < -0.39 is 0 Å². The Morgan fingerprint density at radius 3 is 2.67 bits per heavy atom. The Balaban J connectivity index is 2.33. The van der Waals surface area contributed by atoms with Crippen molar-refractivity contribution in [2.75, 3.05) is 0 Å². The van der Waals surface area contributed by atoms with Gasteiger partial charge >= 0.3 is 0 Å². The normalized spacial score (nSPS) is 18.1. The van der Waals surface area contributed by atoms with Gasteiger partial charge in [-0.1, -0.05) is 30.3 Å². The number of nitrogens with one attached hydrogen (secondary N) is 2. The lowest BCUT2D eigenvalue weighted by Crippen LogP contribution is -2.44. The van der Waals surface area contributed by atoms with Crippen LogP contribution in [0, 0.1) is 0 Å². The van der Waals surface area contributed by atoms with E-state index in [0.29, 0.717) is 11.5 Å². The fourth-order valence-corrected chi connectivity index (χ4v) is 1.28. The number of hydrogen-bond acceptors (Lipinski definition) is 3. The van der Waals surface area contributed by atoms with Gasteiger partial charge in [0.25, 0.3) is 5.91 Å². The number of hydrazine groups is 1. The zero-order valence-electron chi connectivity index (χ0n) is 8.32. The molecule has 1 aliphatic rings. The maximum Gasteiger partial charge on any atom is 0.288 e. The van der Waals surface area contributed by atoms with E-state index in [1.165, 1.54) is 0 Å². The zero-order chi connectivity index (χ0) is 10.7. The monoisotopic (exact) mass is 201 g/mol. The Kier molecular flexibility index (Phi) is 2.49. The van der Waals surface area contributed by atoms with Gasteiger partial charge in [-0.05, 0) is 18.6 Å². The molecule has 1 aromatic carbocycles. The van der Waals surface area contributed by atoms with Crippen LogP contribution in [0.4, 0.5) is 0 Å². The van der Waals surface area contributed by atoms with Gasteiger partial charge in [-0.25, -0.2) is 4.99 Å². The second kappa shape index (κ2) is 3.96. The average molecular weight is 201 g/mol. The quantitative estimate of drug-likeness (QED) is 0.668. The molecule has 0 atom stereocenters. The molecule has 4 heteroatoms. The molecule has 1 amide bonds. The molecule has 2 rings (SSSR count). The number of carbonyl (C=O) groups is 1. The summed E-state index contributed by atoms with van der Waals surface area (Å²) >= 11 is 0. The van der Waals surface area contributed by atoms with E-state index in [0.717, 1.165) is 5.56 Å². The number of carbonyl (C=O) groups excluding carboxylic acids is 1. The molecule has 0 aliphatic carbocycles. The van der Waals surface area contributed by atoms with Crippen LogP contribution in [0.5, 0.6) is 0 Å². The van der Waals surface area contributed by atoms with E-state index in [4.69, 9.17) is 0 Å². The molecule has 2 N–H and O–H groups in total. The third-order valence-corrected chi connectivity index (χ3v) is 1.98. The van der Waals surface area contributed by atoms with Crippen LogP contribution >= 0.6 is 0 Å². The van der Waals surface area contributed by atoms with Gasteiger partial charge in [0.15, 0.2) is 0 Å². The molecule has 4 nitrogen and oxygen atoms in total. The average Bonchev–Trinajstić information content (AvgIpc) is 2.25. The van der Waals surface area contributed by atoms with Crippen LogP contribution in [0.15, 0.2) is 41.0 Å². The molecule has 1 aliphatic heterocycles. The molecule has 0 unspecified atom stereocenters. The fraction of sp³-hybridized carbons (Fsp3) is 0.0909. The summed E-state index contributed by atoms with van der Waals surface area (Å²) in [5, 5.41) is 0. The SMILES string of the molecule is CC1=N/C(=C\c2ccccc2)C(=O)NN1. The highest BCUT2D eigenvalue weighted by atomic mass is 16.2. The summed E-state index contributed by atoms with van der Waals surface area (Å²) in [6.07, 6.45) is 1.75. The minimum absolute atomic E-state index is 0.218. The highest BCUT2D eigenvalue weighted by molar-refractivity contribution is 6.03. The van der Waals surface area contributed by atoms with Crippen LogP contribution in [-0.4, -0.2) is 11.7 Å². The Bertz CT molecular complexity index is 434. The zero-order valence-corrected chi connectivity index (χ0v) is 8.32. The van der Waals surface area contributed by atoms with Crippen LogP contribution < -0.4 is 10.9 Å². The molecular formula is C11H11N3O. The Hall–Kier alpha value is -2.10. The standard InChI is InChI=1S/C11H11N3O/c1-8-12-10(11(15)14-13-8)7-9-5-3-2-4-6-9/h2-7H,1H3,(H,12,13)(H,14,15)/b10-7-. The molecule has 15 heavy (non-hydrogen) atoms. The van der Waals surface area contributed by atoms with Crippen molar-refractivity contribution in [3.63, 3.8) is 0 Å². The van der Waals surface area contributed by atoms with Crippen molar-refractivity contribution in [2.24, 2.45) is 4.99 Å². The highest BCUT2D eigenvalue weighted by Gasteiger charge is 2.13. The molecule has 0 aromatic heterocycles. The van der Waals surface area contributed by atoms with E-state index in [9.17, 15) is 4.79 Å². The molecule has 0 saturated carbocycles. The minimum atomic E-state index is -0.218. The molecular weight excluding hydrogens is 190 g/mol. The number of amidine groups is 1. The lowest BCUT2D eigenvalue weighted by Gasteiger charge is -2.14. The largest absolute Gasteiger partial charge is 0.288 e. The third-order valence-electron chi connectivity index (χ3n) is 1.98. The second-order valence-electron chi connectivity index (χ2n) is 3.22. The number of hydrogen-bond donors (Lipinski definition) is 2. The van der Waals surface area contributed by atoms with Crippen molar-refractivity contribution >= 4 is 17.8 Å². The van der Waals surface area contributed by atoms with Crippen molar-refractivity contribution in [3.05, 3.63) is 41.6 Å². The van der Waals surface area contributed by atoms with Gasteiger partial charge in [-0.3, -0.25) is 15.6 Å². The van der Waals surface area contributed by atoms with E-state index >= 15 is 0 Å². The van der Waals surface area contributed by atoms with Crippen LogP contribution in [0.2, 0.25) is 0 Å². The first-order valence-corrected chi connectivity index (χ1v) is 4.64. The maximum atomic E-state index is 11.4. The first kappa shape index (κ1) is 9.45. The number of benzene rings is 1. The van der Waals surface area contributed by atoms with Crippen molar-refractivity contribution in [2.45, 2.75) is 6.92 Å². The lowest BCUT2D eigenvalue weighted by atomic mass is 10.2. The Labute approximate surface area is 87.7 Å².